The number of halogens is 2. The molecule has 0 bridgehead atoms. The van der Waals surface area contributed by atoms with Crippen LogP contribution in [-0.2, 0) is 12.3 Å². The molecule has 0 aliphatic carbocycles. The summed E-state index contributed by atoms with van der Waals surface area (Å²) in [5.41, 5.74) is 2.10. The number of thiophene rings is 1. The van der Waals surface area contributed by atoms with E-state index in [-0.39, 0.29) is 5.82 Å². The van der Waals surface area contributed by atoms with Gasteiger partial charge in [0.05, 0.1) is 0 Å². The van der Waals surface area contributed by atoms with Crippen molar-refractivity contribution in [3.05, 3.63) is 34.5 Å². The first kappa shape index (κ1) is 9.94. The summed E-state index contributed by atoms with van der Waals surface area (Å²) in [5, 5.41) is 2.66. The largest absolute Gasteiger partial charge is 0.206 e. The van der Waals surface area contributed by atoms with E-state index in [9.17, 15) is 4.39 Å². The molecule has 1 aromatic carbocycles. The van der Waals surface area contributed by atoms with E-state index < -0.39 is 0 Å². The van der Waals surface area contributed by atoms with Gasteiger partial charge in [0, 0.05) is 16.0 Å². The Morgan fingerprint density at radius 1 is 1.36 bits per heavy atom. The van der Waals surface area contributed by atoms with Crippen LogP contribution in [0.4, 0.5) is 4.39 Å². The molecule has 0 unspecified atom stereocenters. The average molecular weight is 229 g/mol. The molecule has 0 N–H and O–H groups in total. The van der Waals surface area contributed by atoms with Crippen molar-refractivity contribution >= 4 is 33.0 Å². The lowest BCUT2D eigenvalue weighted by atomic mass is 10.1. The van der Waals surface area contributed by atoms with Gasteiger partial charge in [0.1, 0.15) is 5.82 Å². The first-order valence-electron chi connectivity index (χ1n) is 4.51. The maximum Gasteiger partial charge on any atom is 0.132 e. The number of hydrogen-bond acceptors (Lipinski definition) is 1. The predicted molar refractivity (Wildman–Crippen MR) is 60.7 cm³/mol. The number of benzene rings is 1. The van der Waals surface area contributed by atoms with Crippen LogP contribution in [0.2, 0.25) is 0 Å². The summed E-state index contributed by atoms with van der Waals surface area (Å²) in [5.74, 6) is 0.221. The molecule has 1 heterocycles. The highest BCUT2D eigenvalue weighted by atomic mass is 35.5. The topological polar surface area (TPSA) is 0 Å². The minimum atomic E-state index is -0.158. The Morgan fingerprint density at radius 2 is 2.14 bits per heavy atom. The lowest BCUT2D eigenvalue weighted by Gasteiger charge is -2.01. The number of fused-ring (bicyclic) bond motifs is 1. The van der Waals surface area contributed by atoms with E-state index in [1.165, 1.54) is 11.6 Å². The fourth-order valence-corrected chi connectivity index (χ4v) is 3.08. The van der Waals surface area contributed by atoms with Gasteiger partial charge in [0.2, 0.25) is 0 Å². The van der Waals surface area contributed by atoms with E-state index >= 15 is 0 Å². The molecule has 0 nitrogen and oxygen atoms in total. The maximum absolute atomic E-state index is 13.5. The predicted octanol–water partition coefficient (Wildman–Crippen LogP) is 4.34. The van der Waals surface area contributed by atoms with Gasteiger partial charge in [-0.25, -0.2) is 4.39 Å². The molecule has 0 fully saturated rings. The van der Waals surface area contributed by atoms with E-state index in [0.717, 1.165) is 16.7 Å². The van der Waals surface area contributed by atoms with Gasteiger partial charge in [-0.2, -0.15) is 0 Å². The third kappa shape index (κ3) is 1.43. The van der Waals surface area contributed by atoms with Crippen molar-refractivity contribution in [2.45, 2.75) is 19.2 Å². The van der Waals surface area contributed by atoms with Crippen molar-refractivity contribution in [3.63, 3.8) is 0 Å². The average Bonchev–Trinajstić information content (AvgIpc) is 2.63. The second kappa shape index (κ2) is 3.87. The summed E-state index contributed by atoms with van der Waals surface area (Å²) in [6.07, 6.45) is 0.930. The van der Waals surface area contributed by atoms with Crippen LogP contribution in [0.3, 0.4) is 0 Å². The molecule has 0 saturated heterocycles. The normalized spacial score (nSPS) is 11.1. The lowest BCUT2D eigenvalue weighted by molar-refractivity contribution is 0.639. The molecular weight excluding hydrogens is 219 g/mol. The van der Waals surface area contributed by atoms with Gasteiger partial charge in [-0.1, -0.05) is 13.0 Å². The molecule has 3 heteroatoms. The van der Waals surface area contributed by atoms with Crippen molar-refractivity contribution in [1.82, 2.24) is 0 Å². The molecule has 74 valence electrons. The first-order valence-corrected chi connectivity index (χ1v) is 5.92. The molecule has 2 aromatic rings. The van der Waals surface area contributed by atoms with Crippen molar-refractivity contribution in [1.29, 1.82) is 0 Å². The van der Waals surface area contributed by atoms with Crippen LogP contribution in [0.5, 0.6) is 0 Å². The minimum Gasteiger partial charge on any atom is -0.206 e. The van der Waals surface area contributed by atoms with E-state index in [1.54, 1.807) is 11.3 Å². The summed E-state index contributed by atoms with van der Waals surface area (Å²) >= 11 is 7.33. The third-order valence-corrected chi connectivity index (χ3v) is 3.75. The Kier molecular flexibility index (Phi) is 2.75. The minimum absolute atomic E-state index is 0.158. The van der Waals surface area contributed by atoms with Crippen molar-refractivity contribution in [2.24, 2.45) is 0 Å². The molecule has 2 rings (SSSR count). The van der Waals surface area contributed by atoms with Gasteiger partial charge in [0.15, 0.2) is 0 Å². The Hall–Kier alpha value is -0.600. The quantitative estimate of drug-likeness (QED) is 0.671. The number of rotatable bonds is 2. The molecule has 14 heavy (non-hydrogen) atoms. The number of alkyl halides is 1. The van der Waals surface area contributed by atoms with Gasteiger partial charge in [-0.3, -0.25) is 0 Å². The summed E-state index contributed by atoms with van der Waals surface area (Å²) in [6, 6.07) is 3.39. The molecule has 0 spiro atoms. The summed E-state index contributed by atoms with van der Waals surface area (Å²) < 4.78 is 14.6. The molecule has 0 saturated carbocycles. The zero-order valence-electron chi connectivity index (χ0n) is 7.81. The van der Waals surface area contributed by atoms with Crippen LogP contribution < -0.4 is 0 Å². The molecule has 0 atom stereocenters. The van der Waals surface area contributed by atoms with Crippen LogP contribution in [0, 0.1) is 5.82 Å². The van der Waals surface area contributed by atoms with Crippen molar-refractivity contribution in [2.75, 3.05) is 0 Å². The van der Waals surface area contributed by atoms with Crippen LogP contribution in [0.1, 0.15) is 18.1 Å². The second-order valence-corrected chi connectivity index (χ2v) is 4.31. The van der Waals surface area contributed by atoms with Crippen LogP contribution >= 0.6 is 22.9 Å². The number of hydrogen-bond donors (Lipinski definition) is 0. The Morgan fingerprint density at radius 3 is 2.79 bits per heavy atom. The SMILES string of the molecule is CCc1ccc(F)c2c(CCl)csc12. The highest BCUT2D eigenvalue weighted by Crippen LogP contribution is 2.32. The van der Waals surface area contributed by atoms with Gasteiger partial charge in [-0.15, -0.1) is 22.9 Å². The van der Waals surface area contributed by atoms with Gasteiger partial charge >= 0.3 is 0 Å². The highest BCUT2D eigenvalue weighted by Gasteiger charge is 2.10. The molecular formula is C11H10ClFS. The zero-order valence-corrected chi connectivity index (χ0v) is 9.38. The molecule has 1 aromatic heterocycles. The zero-order chi connectivity index (χ0) is 10.1. The van der Waals surface area contributed by atoms with Crippen molar-refractivity contribution < 1.29 is 4.39 Å². The van der Waals surface area contributed by atoms with E-state index in [1.807, 2.05) is 11.4 Å². The smallest absolute Gasteiger partial charge is 0.132 e. The second-order valence-electron chi connectivity index (χ2n) is 3.16. The summed E-state index contributed by atoms with van der Waals surface area (Å²) in [7, 11) is 0. The standard InChI is InChI=1S/C11H10ClFS/c1-2-7-3-4-9(13)10-8(5-12)6-14-11(7)10/h3-4,6H,2,5H2,1H3. The fraction of sp³-hybridized carbons (Fsp3) is 0.273. The highest BCUT2D eigenvalue weighted by molar-refractivity contribution is 7.17. The maximum atomic E-state index is 13.5. The van der Waals surface area contributed by atoms with E-state index in [0.29, 0.717) is 11.3 Å². The van der Waals surface area contributed by atoms with Crippen LogP contribution in [0.25, 0.3) is 10.1 Å². The monoisotopic (exact) mass is 228 g/mol. The Bertz CT molecular complexity index is 462. The van der Waals surface area contributed by atoms with Crippen LogP contribution in [0.15, 0.2) is 17.5 Å². The molecule has 0 aliphatic heterocycles. The summed E-state index contributed by atoms with van der Waals surface area (Å²) in [6.45, 7) is 2.08. The first-order chi connectivity index (χ1) is 6.77. The van der Waals surface area contributed by atoms with Gasteiger partial charge < -0.3 is 0 Å². The lowest BCUT2D eigenvalue weighted by Crippen LogP contribution is -1.85. The molecule has 0 aliphatic rings. The number of aryl methyl sites for hydroxylation is 1. The van der Waals surface area contributed by atoms with Gasteiger partial charge in [0.25, 0.3) is 0 Å². The molecule has 0 amide bonds. The van der Waals surface area contributed by atoms with Crippen LogP contribution in [-0.4, -0.2) is 0 Å². The molecule has 0 radical (unpaired) electrons. The Labute approximate surface area is 91.3 Å². The van der Waals surface area contributed by atoms with E-state index in [2.05, 4.69) is 6.92 Å². The Balaban J connectivity index is 2.80. The van der Waals surface area contributed by atoms with Crippen molar-refractivity contribution in [3.8, 4) is 0 Å². The third-order valence-electron chi connectivity index (χ3n) is 2.35. The van der Waals surface area contributed by atoms with Gasteiger partial charge in [-0.05, 0) is 29.0 Å². The summed E-state index contributed by atoms with van der Waals surface area (Å²) in [4.78, 5) is 0. The van der Waals surface area contributed by atoms with E-state index in [4.69, 9.17) is 11.6 Å². The fourth-order valence-electron chi connectivity index (χ4n) is 1.60.